The van der Waals surface area contributed by atoms with Gasteiger partial charge in [0.15, 0.2) is 5.65 Å². The van der Waals surface area contributed by atoms with E-state index >= 15 is 0 Å². The minimum atomic E-state index is 0.0138. The Balaban J connectivity index is 1.55. The Morgan fingerprint density at radius 3 is 2.71 bits per heavy atom. The third-order valence-corrected chi connectivity index (χ3v) is 6.32. The summed E-state index contributed by atoms with van der Waals surface area (Å²) in [5.41, 5.74) is 7.24. The van der Waals surface area contributed by atoms with Crippen LogP contribution in [-0.4, -0.2) is 25.6 Å². The van der Waals surface area contributed by atoms with Gasteiger partial charge >= 0.3 is 0 Å². The van der Waals surface area contributed by atoms with Gasteiger partial charge in [-0.05, 0) is 49.4 Å². The summed E-state index contributed by atoms with van der Waals surface area (Å²) in [5.74, 6) is 0.0138. The molecule has 5 nitrogen and oxygen atoms in total. The predicted molar refractivity (Wildman–Crippen MR) is 122 cm³/mol. The first kappa shape index (κ1) is 19.5. The standard InChI is InChI=1S/C26H26N4O/c1-17-8-10-19(11-9-17)16-30(24-13-12-20-6-4-5-7-22(20)24)26(31)21-14-23-18(2)28-29(3)25(23)27-15-21/h4-11,14-15,24H,12-13,16H2,1-3H3. The molecule has 0 fully saturated rings. The Morgan fingerprint density at radius 2 is 1.90 bits per heavy atom. The number of pyridine rings is 1. The van der Waals surface area contributed by atoms with E-state index in [1.54, 1.807) is 10.9 Å². The number of aromatic nitrogens is 3. The van der Waals surface area contributed by atoms with Gasteiger partial charge in [-0.3, -0.25) is 9.48 Å². The molecule has 0 N–H and O–H groups in total. The van der Waals surface area contributed by atoms with E-state index in [0.717, 1.165) is 35.1 Å². The maximum atomic E-state index is 13.8. The number of hydrogen-bond acceptors (Lipinski definition) is 3. The van der Waals surface area contributed by atoms with Gasteiger partial charge in [0.1, 0.15) is 0 Å². The lowest BCUT2D eigenvalue weighted by atomic mass is 10.0. The molecule has 0 aliphatic heterocycles. The van der Waals surface area contributed by atoms with E-state index in [2.05, 4.69) is 65.5 Å². The number of rotatable bonds is 4. The van der Waals surface area contributed by atoms with Crippen molar-refractivity contribution in [3.05, 3.63) is 94.3 Å². The first-order valence-corrected chi connectivity index (χ1v) is 10.7. The summed E-state index contributed by atoms with van der Waals surface area (Å²) in [6.45, 7) is 4.61. The Morgan fingerprint density at radius 1 is 1.13 bits per heavy atom. The highest BCUT2D eigenvalue weighted by Gasteiger charge is 2.32. The molecule has 31 heavy (non-hydrogen) atoms. The van der Waals surface area contributed by atoms with E-state index in [1.165, 1.54) is 16.7 Å². The molecule has 156 valence electrons. The first-order chi connectivity index (χ1) is 15.0. The zero-order chi connectivity index (χ0) is 21.5. The lowest BCUT2D eigenvalue weighted by Crippen LogP contribution is -2.33. The Kier molecular flexibility index (Phi) is 4.81. The molecule has 1 unspecified atom stereocenters. The number of carbonyl (C=O) groups excluding carboxylic acids is 1. The number of fused-ring (bicyclic) bond motifs is 2. The second-order valence-electron chi connectivity index (χ2n) is 8.48. The zero-order valence-corrected chi connectivity index (χ0v) is 18.2. The van der Waals surface area contributed by atoms with Crippen LogP contribution in [0.2, 0.25) is 0 Å². The fraction of sp³-hybridized carbons (Fsp3) is 0.269. The number of amides is 1. The van der Waals surface area contributed by atoms with E-state index in [1.807, 2.05) is 24.9 Å². The summed E-state index contributed by atoms with van der Waals surface area (Å²) in [6, 6.07) is 18.9. The first-order valence-electron chi connectivity index (χ1n) is 10.7. The van der Waals surface area contributed by atoms with Crippen LogP contribution < -0.4 is 0 Å². The number of carbonyl (C=O) groups is 1. The molecule has 1 aliphatic rings. The molecule has 5 rings (SSSR count). The second kappa shape index (κ2) is 7.65. The SMILES string of the molecule is Cc1ccc(CN(C(=O)c2cnc3c(c2)c(C)nn3C)C2CCc3ccccc32)cc1. The van der Waals surface area contributed by atoms with Gasteiger partial charge in [0.25, 0.3) is 5.91 Å². The van der Waals surface area contributed by atoms with Gasteiger partial charge < -0.3 is 4.90 Å². The molecule has 0 radical (unpaired) electrons. The van der Waals surface area contributed by atoms with Crippen LogP contribution in [0.3, 0.4) is 0 Å². The summed E-state index contributed by atoms with van der Waals surface area (Å²) in [4.78, 5) is 20.4. The highest BCUT2D eigenvalue weighted by Crippen LogP contribution is 2.37. The maximum Gasteiger partial charge on any atom is 0.256 e. The van der Waals surface area contributed by atoms with Gasteiger partial charge in [0.2, 0.25) is 0 Å². The fourth-order valence-electron chi connectivity index (χ4n) is 4.66. The third-order valence-electron chi connectivity index (χ3n) is 6.32. The highest BCUT2D eigenvalue weighted by atomic mass is 16.2. The van der Waals surface area contributed by atoms with Crippen LogP contribution in [0.5, 0.6) is 0 Å². The van der Waals surface area contributed by atoms with Crippen molar-refractivity contribution in [2.24, 2.45) is 7.05 Å². The number of nitrogens with zero attached hydrogens (tertiary/aromatic N) is 4. The van der Waals surface area contributed by atoms with Crippen molar-refractivity contribution in [2.45, 2.75) is 39.3 Å². The summed E-state index contributed by atoms with van der Waals surface area (Å²) in [6.07, 6.45) is 3.63. The molecule has 0 saturated carbocycles. The van der Waals surface area contributed by atoms with Crippen LogP contribution in [0.15, 0.2) is 60.8 Å². The molecule has 2 aromatic carbocycles. The maximum absolute atomic E-state index is 13.8. The minimum Gasteiger partial charge on any atom is -0.327 e. The minimum absolute atomic E-state index is 0.0138. The second-order valence-corrected chi connectivity index (χ2v) is 8.48. The molecule has 1 aliphatic carbocycles. The van der Waals surface area contributed by atoms with Gasteiger partial charge in [-0.2, -0.15) is 5.10 Å². The van der Waals surface area contributed by atoms with Gasteiger partial charge in [0, 0.05) is 25.2 Å². The topological polar surface area (TPSA) is 51.0 Å². The number of benzene rings is 2. The largest absolute Gasteiger partial charge is 0.327 e. The Labute approximate surface area is 182 Å². The molecule has 2 aromatic heterocycles. The molecule has 1 atom stereocenters. The summed E-state index contributed by atoms with van der Waals surface area (Å²) in [5, 5.41) is 5.37. The summed E-state index contributed by atoms with van der Waals surface area (Å²) < 4.78 is 1.76. The van der Waals surface area contributed by atoms with E-state index < -0.39 is 0 Å². The van der Waals surface area contributed by atoms with Crippen molar-refractivity contribution in [3.63, 3.8) is 0 Å². The number of hydrogen-bond donors (Lipinski definition) is 0. The Hall–Kier alpha value is -3.47. The summed E-state index contributed by atoms with van der Waals surface area (Å²) >= 11 is 0. The van der Waals surface area contributed by atoms with Gasteiger partial charge in [-0.1, -0.05) is 54.1 Å². The van der Waals surface area contributed by atoms with Crippen LogP contribution in [0.4, 0.5) is 0 Å². The molecule has 1 amide bonds. The van der Waals surface area contributed by atoms with Crippen molar-refractivity contribution in [3.8, 4) is 0 Å². The van der Waals surface area contributed by atoms with Crippen molar-refractivity contribution in [2.75, 3.05) is 0 Å². The molecule has 5 heteroatoms. The van der Waals surface area contributed by atoms with Crippen molar-refractivity contribution < 1.29 is 4.79 Å². The molecule has 2 heterocycles. The van der Waals surface area contributed by atoms with Crippen LogP contribution in [-0.2, 0) is 20.0 Å². The van der Waals surface area contributed by atoms with E-state index in [9.17, 15) is 4.79 Å². The van der Waals surface area contributed by atoms with Gasteiger partial charge in [-0.25, -0.2) is 4.98 Å². The lowest BCUT2D eigenvalue weighted by molar-refractivity contribution is 0.0658. The van der Waals surface area contributed by atoms with Crippen LogP contribution in [0.1, 0.15) is 50.8 Å². The van der Waals surface area contributed by atoms with Crippen LogP contribution in [0, 0.1) is 13.8 Å². The molecule has 0 spiro atoms. The van der Waals surface area contributed by atoms with E-state index in [0.29, 0.717) is 12.1 Å². The molecular formula is C26H26N4O. The molecule has 0 saturated heterocycles. The molecular weight excluding hydrogens is 384 g/mol. The smallest absolute Gasteiger partial charge is 0.256 e. The van der Waals surface area contributed by atoms with Crippen molar-refractivity contribution in [1.82, 2.24) is 19.7 Å². The monoisotopic (exact) mass is 410 g/mol. The highest BCUT2D eigenvalue weighted by molar-refractivity contribution is 5.97. The Bertz CT molecular complexity index is 1270. The normalized spacial score (nSPS) is 15.3. The van der Waals surface area contributed by atoms with Crippen molar-refractivity contribution in [1.29, 1.82) is 0 Å². The lowest BCUT2D eigenvalue weighted by Gasteiger charge is -2.30. The van der Waals surface area contributed by atoms with Crippen LogP contribution >= 0.6 is 0 Å². The van der Waals surface area contributed by atoms with E-state index in [4.69, 9.17) is 0 Å². The summed E-state index contributed by atoms with van der Waals surface area (Å²) in [7, 11) is 1.88. The third kappa shape index (κ3) is 3.50. The average molecular weight is 411 g/mol. The zero-order valence-electron chi connectivity index (χ0n) is 18.2. The van der Waals surface area contributed by atoms with Gasteiger partial charge in [0.05, 0.1) is 17.3 Å². The molecule has 0 bridgehead atoms. The fourth-order valence-corrected chi connectivity index (χ4v) is 4.66. The molecule has 4 aromatic rings. The predicted octanol–water partition coefficient (Wildman–Crippen LogP) is 4.92. The van der Waals surface area contributed by atoms with Crippen molar-refractivity contribution >= 4 is 16.9 Å². The van der Waals surface area contributed by atoms with E-state index in [-0.39, 0.29) is 11.9 Å². The number of aryl methyl sites for hydroxylation is 4. The van der Waals surface area contributed by atoms with Crippen LogP contribution in [0.25, 0.3) is 11.0 Å². The average Bonchev–Trinajstić information content (AvgIpc) is 3.33. The quantitative estimate of drug-likeness (QED) is 0.480. The van der Waals surface area contributed by atoms with Gasteiger partial charge in [-0.15, -0.1) is 0 Å².